The lowest BCUT2D eigenvalue weighted by Gasteiger charge is -2.23. The molecule has 0 atom stereocenters. The highest BCUT2D eigenvalue weighted by molar-refractivity contribution is 5.92. The van der Waals surface area contributed by atoms with Crippen LogP contribution in [0.3, 0.4) is 0 Å². The van der Waals surface area contributed by atoms with Gasteiger partial charge in [0.1, 0.15) is 17.3 Å². The van der Waals surface area contributed by atoms with E-state index in [0.717, 1.165) is 12.3 Å². The number of hydrogen-bond acceptors (Lipinski definition) is 5. The van der Waals surface area contributed by atoms with E-state index in [-0.39, 0.29) is 29.2 Å². The molecule has 0 aliphatic rings. The number of pyridine rings is 1. The number of aromatic nitrogens is 3. The first-order valence-corrected chi connectivity index (χ1v) is 10.0. The van der Waals surface area contributed by atoms with Crippen LogP contribution in [0.1, 0.15) is 25.0 Å². The molecule has 4 rings (SSSR count). The minimum atomic E-state index is -1.11. The smallest absolute Gasteiger partial charge is 0.315 e. The summed E-state index contributed by atoms with van der Waals surface area (Å²) in [6.45, 7) is 3.09. The molecule has 9 heteroatoms. The maximum Gasteiger partial charge on any atom is 0.315 e. The van der Waals surface area contributed by atoms with Crippen LogP contribution >= 0.6 is 0 Å². The van der Waals surface area contributed by atoms with Gasteiger partial charge in [0.2, 0.25) is 0 Å². The van der Waals surface area contributed by atoms with Gasteiger partial charge in [0.15, 0.2) is 17.3 Å². The highest BCUT2D eigenvalue weighted by Crippen LogP contribution is 2.37. The fourth-order valence-corrected chi connectivity index (χ4v) is 3.76. The zero-order chi connectivity index (χ0) is 23.9. The van der Waals surface area contributed by atoms with Gasteiger partial charge in [-0.1, -0.05) is 24.3 Å². The summed E-state index contributed by atoms with van der Waals surface area (Å²) in [5.74, 6) is -3.29. The van der Waals surface area contributed by atoms with Gasteiger partial charge in [-0.05, 0) is 32.0 Å². The molecule has 0 saturated heterocycles. The van der Waals surface area contributed by atoms with Crippen LogP contribution in [0.25, 0.3) is 22.3 Å². The molecular formula is C24H20F3N3O3. The average molecular weight is 455 g/mol. The number of carbonyl (C=O) groups is 1. The summed E-state index contributed by atoms with van der Waals surface area (Å²) in [6, 6.07) is 9.63. The van der Waals surface area contributed by atoms with Gasteiger partial charge in [-0.25, -0.2) is 22.8 Å². The summed E-state index contributed by atoms with van der Waals surface area (Å²) in [4.78, 5) is 16.2. The maximum absolute atomic E-state index is 14.2. The third-order valence-electron chi connectivity index (χ3n) is 5.55. The SMILES string of the molecule is COC(=O)C(C)(C)c1ccc(-c2nn(Cc3cccc(F)c3F)c3ncc(F)cc23)cc1O. The molecule has 170 valence electrons. The average Bonchev–Trinajstić information content (AvgIpc) is 3.13. The van der Waals surface area contributed by atoms with E-state index in [1.165, 1.54) is 36.1 Å². The van der Waals surface area contributed by atoms with E-state index in [1.54, 1.807) is 26.0 Å². The predicted octanol–water partition coefficient (Wildman–Crippen LogP) is 4.72. The summed E-state index contributed by atoms with van der Waals surface area (Å²) in [6.07, 6.45) is 1.01. The van der Waals surface area contributed by atoms with Crippen LogP contribution in [0.5, 0.6) is 5.75 Å². The molecule has 2 heterocycles. The van der Waals surface area contributed by atoms with Crippen molar-refractivity contribution in [1.82, 2.24) is 14.8 Å². The van der Waals surface area contributed by atoms with E-state index in [4.69, 9.17) is 4.74 Å². The Morgan fingerprint density at radius 1 is 1.15 bits per heavy atom. The molecule has 33 heavy (non-hydrogen) atoms. The molecule has 1 N–H and O–H groups in total. The number of esters is 1. The van der Waals surface area contributed by atoms with Crippen molar-refractivity contribution < 1.29 is 27.8 Å². The molecule has 0 unspecified atom stereocenters. The summed E-state index contributed by atoms with van der Waals surface area (Å²) >= 11 is 0. The van der Waals surface area contributed by atoms with Gasteiger partial charge in [-0.2, -0.15) is 5.10 Å². The number of phenols is 1. The van der Waals surface area contributed by atoms with Gasteiger partial charge in [0.05, 0.1) is 25.3 Å². The predicted molar refractivity (Wildman–Crippen MR) is 115 cm³/mol. The van der Waals surface area contributed by atoms with Crippen molar-refractivity contribution in [2.75, 3.05) is 7.11 Å². The second-order valence-electron chi connectivity index (χ2n) is 8.09. The number of phenolic OH excluding ortho intramolecular Hbond substituents is 1. The Bertz CT molecular complexity index is 1380. The maximum atomic E-state index is 14.2. The Kier molecular flexibility index (Phi) is 5.57. The highest BCUT2D eigenvalue weighted by atomic mass is 19.2. The van der Waals surface area contributed by atoms with Gasteiger partial charge in [-0.3, -0.25) is 4.79 Å². The van der Waals surface area contributed by atoms with Crippen LogP contribution < -0.4 is 0 Å². The molecular weight excluding hydrogens is 435 g/mol. The van der Waals surface area contributed by atoms with Gasteiger partial charge >= 0.3 is 5.97 Å². The number of methoxy groups -OCH3 is 1. The van der Waals surface area contributed by atoms with Crippen molar-refractivity contribution in [3.8, 4) is 17.0 Å². The topological polar surface area (TPSA) is 77.2 Å². The van der Waals surface area contributed by atoms with Gasteiger partial charge in [-0.15, -0.1) is 0 Å². The lowest BCUT2D eigenvalue weighted by Crippen LogP contribution is -2.30. The standard InChI is InChI=1S/C24H20F3N3O3/c1-24(2,23(32)33-3)17-8-7-13(9-19(17)31)21-16-10-15(25)11-28-22(16)30(29-21)12-14-5-4-6-18(26)20(14)27/h4-11,31H,12H2,1-3H3. The molecule has 0 aliphatic carbocycles. The van der Waals surface area contributed by atoms with Crippen molar-refractivity contribution in [3.05, 3.63) is 77.2 Å². The quantitative estimate of drug-likeness (QED) is 0.441. The van der Waals surface area contributed by atoms with Crippen molar-refractivity contribution in [2.24, 2.45) is 0 Å². The van der Waals surface area contributed by atoms with Crippen LogP contribution in [0.2, 0.25) is 0 Å². The molecule has 0 fully saturated rings. The fraction of sp³-hybridized carbons (Fsp3) is 0.208. The number of fused-ring (bicyclic) bond motifs is 1. The Balaban J connectivity index is 1.83. The number of aromatic hydroxyl groups is 1. The molecule has 2 aromatic heterocycles. The van der Waals surface area contributed by atoms with Crippen LogP contribution in [0.4, 0.5) is 13.2 Å². The zero-order valence-corrected chi connectivity index (χ0v) is 18.1. The Hall–Kier alpha value is -3.88. The number of carbonyl (C=O) groups excluding carboxylic acids is 1. The number of benzene rings is 2. The second-order valence-corrected chi connectivity index (χ2v) is 8.09. The minimum absolute atomic E-state index is 0.0510. The van der Waals surface area contributed by atoms with Crippen molar-refractivity contribution in [2.45, 2.75) is 25.8 Å². The first-order chi connectivity index (χ1) is 15.6. The number of rotatable bonds is 5. The summed E-state index contributed by atoms with van der Waals surface area (Å²) in [5.41, 5.74) is 0.248. The molecule has 2 aromatic carbocycles. The van der Waals surface area contributed by atoms with Gasteiger partial charge in [0.25, 0.3) is 0 Å². The molecule has 6 nitrogen and oxygen atoms in total. The Morgan fingerprint density at radius 2 is 1.91 bits per heavy atom. The van der Waals surface area contributed by atoms with Crippen molar-refractivity contribution in [3.63, 3.8) is 0 Å². The lowest BCUT2D eigenvalue weighted by atomic mass is 9.83. The van der Waals surface area contributed by atoms with Gasteiger partial charge in [0, 0.05) is 22.1 Å². The molecule has 0 amide bonds. The molecule has 0 radical (unpaired) electrons. The first-order valence-electron chi connectivity index (χ1n) is 10.0. The number of hydrogen-bond donors (Lipinski definition) is 1. The van der Waals surface area contributed by atoms with E-state index in [9.17, 15) is 23.1 Å². The monoisotopic (exact) mass is 455 g/mol. The van der Waals surface area contributed by atoms with Crippen LogP contribution in [0.15, 0.2) is 48.7 Å². The van der Waals surface area contributed by atoms with Crippen LogP contribution in [-0.2, 0) is 21.5 Å². The van der Waals surface area contributed by atoms with E-state index in [2.05, 4.69) is 10.1 Å². The number of ether oxygens (including phenoxy) is 1. The second kappa shape index (κ2) is 8.23. The number of halogens is 3. The minimum Gasteiger partial charge on any atom is -0.508 e. The summed E-state index contributed by atoms with van der Waals surface area (Å²) in [5, 5.41) is 15.4. The first kappa shape index (κ1) is 22.3. The van der Waals surface area contributed by atoms with Crippen molar-refractivity contribution >= 4 is 17.0 Å². The zero-order valence-electron chi connectivity index (χ0n) is 18.1. The normalized spacial score (nSPS) is 11.7. The van der Waals surface area contributed by atoms with E-state index < -0.39 is 28.8 Å². The summed E-state index contributed by atoms with van der Waals surface area (Å²) < 4.78 is 48.0. The van der Waals surface area contributed by atoms with E-state index in [1.807, 2.05) is 0 Å². The van der Waals surface area contributed by atoms with E-state index in [0.29, 0.717) is 16.5 Å². The van der Waals surface area contributed by atoms with Crippen molar-refractivity contribution in [1.29, 1.82) is 0 Å². The van der Waals surface area contributed by atoms with E-state index >= 15 is 0 Å². The largest absolute Gasteiger partial charge is 0.508 e. The molecule has 0 spiro atoms. The fourth-order valence-electron chi connectivity index (χ4n) is 3.76. The van der Waals surface area contributed by atoms with Gasteiger partial charge < -0.3 is 9.84 Å². The molecule has 0 bridgehead atoms. The van der Waals surface area contributed by atoms with Crippen LogP contribution in [0, 0.1) is 17.5 Å². The molecule has 0 saturated carbocycles. The molecule has 4 aromatic rings. The Labute approximate surface area is 187 Å². The number of nitrogens with zero attached hydrogens (tertiary/aromatic N) is 3. The molecule has 0 aliphatic heterocycles. The highest BCUT2D eigenvalue weighted by Gasteiger charge is 2.33. The van der Waals surface area contributed by atoms with Crippen LogP contribution in [-0.4, -0.2) is 33.0 Å². The summed E-state index contributed by atoms with van der Waals surface area (Å²) in [7, 11) is 1.26. The third-order valence-corrected chi connectivity index (χ3v) is 5.55. The lowest BCUT2D eigenvalue weighted by molar-refractivity contribution is -0.146. The Morgan fingerprint density at radius 3 is 2.61 bits per heavy atom. The third kappa shape index (κ3) is 3.90.